The molecule has 0 amide bonds. The zero-order valence-electron chi connectivity index (χ0n) is 16.8. The molecule has 15 heteroatoms. The highest BCUT2D eigenvalue weighted by Gasteiger charge is 2.49. The van der Waals surface area contributed by atoms with Gasteiger partial charge in [0.15, 0.2) is 17.5 Å². The Morgan fingerprint density at radius 3 is 2.28 bits per heavy atom. The Hall–Kier alpha value is -2.84. The van der Waals surface area contributed by atoms with Crippen molar-refractivity contribution in [2.45, 2.75) is 43.6 Å². The minimum absolute atomic E-state index is 0.102. The quantitative estimate of drug-likeness (QED) is 0.522. The van der Waals surface area contributed by atoms with Gasteiger partial charge in [-0.1, -0.05) is 0 Å². The van der Waals surface area contributed by atoms with Gasteiger partial charge in [0.2, 0.25) is 0 Å². The number of hydrogen-bond acceptors (Lipinski definition) is 5. The van der Waals surface area contributed by atoms with E-state index >= 15 is 0 Å². The minimum atomic E-state index is -4.86. The van der Waals surface area contributed by atoms with Gasteiger partial charge in [-0.25, -0.2) is 22.4 Å². The Morgan fingerprint density at radius 1 is 1.09 bits per heavy atom. The van der Waals surface area contributed by atoms with Crippen molar-refractivity contribution in [3.05, 3.63) is 29.2 Å². The number of nitrogens with zero attached hydrogens (tertiary/aromatic N) is 6. The summed E-state index contributed by atoms with van der Waals surface area (Å²) >= 11 is 0. The van der Waals surface area contributed by atoms with Gasteiger partial charge in [0.05, 0.1) is 11.1 Å². The smallest absolute Gasteiger partial charge is 0.274 e. The summed E-state index contributed by atoms with van der Waals surface area (Å²) in [6, 6.07) is -1.57. The molecule has 3 aromatic rings. The molecular formula is C17H16F6N6O2S. The van der Waals surface area contributed by atoms with Gasteiger partial charge in [0, 0.05) is 19.8 Å². The van der Waals surface area contributed by atoms with Gasteiger partial charge in [0.25, 0.3) is 10.0 Å². The second-order valence-electron chi connectivity index (χ2n) is 7.46. The van der Waals surface area contributed by atoms with E-state index in [9.17, 15) is 34.8 Å². The van der Waals surface area contributed by atoms with Crippen molar-refractivity contribution in [2.24, 2.45) is 7.05 Å². The molecule has 3 aromatic heterocycles. The first kappa shape index (κ1) is 22.4. The third kappa shape index (κ3) is 3.38. The molecular weight excluding hydrogens is 466 g/mol. The number of aromatic nitrogens is 5. The maximum atomic E-state index is 13.7. The van der Waals surface area contributed by atoms with Crippen LogP contribution in [0.2, 0.25) is 0 Å². The number of hydrogen-bond donors (Lipinski definition) is 0. The van der Waals surface area contributed by atoms with Crippen LogP contribution in [0.25, 0.3) is 11.0 Å². The van der Waals surface area contributed by atoms with Gasteiger partial charge < -0.3 is 0 Å². The number of fused-ring (bicyclic) bond motifs is 3. The molecule has 1 aliphatic heterocycles. The lowest BCUT2D eigenvalue weighted by atomic mass is 10.1. The van der Waals surface area contributed by atoms with Crippen LogP contribution in [-0.2, 0) is 23.2 Å². The van der Waals surface area contributed by atoms with Crippen LogP contribution in [0.15, 0.2) is 17.2 Å². The molecule has 1 atom stereocenters. The van der Waals surface area contributed by atoms with Gasteiger partial charge in [-0.15, -0.1) is 5.10 Å². The van der Waals surface area contributed by atoms with Crippen molar-refractivity contribution in [1.29, 1.82) is 0 Å². The maximum Gasteiger partial charge on any atom is 0.433 e. The second-order valence-corrected chi connectivity index (χ2v) is 9.30. The predicted octanol–water partition coefficient (Wildman–Crippen LogP) is 3.50. The number of rotatable bonds is 2. The van der Waals surface area contributed by atoms with E-state index in [0.717, 1.165) is 4.31 Å². The molecule has 0 fully saturated rings. The van der Waals surface area contributed by atoms with Crippen molar-refractivity contribution >= 4 is 26.9 Å². The average Bonchev–Trinajstić information content (AvgIpc) is 3.19. The molecule has 1 aliphatic rings. The fraction of sp³-hybridized carbons (Fsp3) is 0.471. The van der Waals surface area contributed by atoms with Crippen molar-refractivity contribution in [2.75, 3.05) is 10.8 Å². The molecule has 174 valence electrons. The molecule has 0 saturated carbocycles. The molecule has 8 nitrogen and oxygen atoms in total. The van der Waals surface area contributed by atoms with E-state index in [1.165, 1.54) is 31.8 Å². The molecule has 0 unspecified atom stereocenters. The van der Waals surface area contributed by atoms with Crippen LogP contribution < -0.4 is 4.31 Å². The Morgan fingerprint density at radius 2 is 1.75 bits per heavy atom. The van der Waals surface area contributed by atoms with Crippen molar-refractivity contribution in [3.63, 3.8) is 0 Å². The van der Waals surface area contributed by atoms with Crippen LogP contribution in [0, 0.1) is 13.8 Å². The lowest BCUT2D eigenvalue weighted by molar-refractivity contribution is -0.172. The molecule has 0 radical (unpaired) electrons. The van der Waals surface area contributed by atoms with E-state index in [1.807, 2.05) is 0 Å². The molecule has 0 bridgehead atoms. The molecule has 0 N–H and O–H groups in total. The van der Waals surface area contributed by atoms with E-state index in [-0.39, 0.29) is 21.5 Å². The highest BCUT2D eigenvalue weighted by Crippen LogP contribution is 2.45. The SMILES string of the molecule is Cc1nn(C)cc1S(=O)(=O)N1CC[C@@H](C(F)(F)F)n2nc3nc(C(F)(F)F)cc(C)c3c21. The largest absolute Gasteiger partial charge is 0.433 e. The third-order valence-electron chi connectivity index (χ3n) is 5.18. The molecule has 4 heterocycles. The van der Waals surface area contributed by atoms with Gasteiger partial charge in [0.1, 0.15) is 10.6 Å². The van der Waals surface area contributed by atoms with Crippen LogP contribution in [0.3, 0.4) is 0 Å². The summed E-state index contributed by atoms with van der Waals surface area (Å²) in [5.41, 5.74) is -1.94. The molecule has 0 aromatic carbocycles. The lowest BCUT2D eigenvalue weighted by Gasteiger charge is -2.34. The summed E-state index contributed by atoms with van der Waals surface area (Å²) < 4.78 is 110. The van der Waals surface area contributed by atoms with E-state index < -0.39 is 58.5 Å². The zero-order chi connectivity index (χ0) is 23.8. The zero-order valence-corrected chi connectivity index (χ0v) is 17.6. The molecule has 0 aliphatic carbocycles. The van der Waals surface area contributed by atoms with Gasteiger partial charge in [-0.2, -0.15) is 31.4 Å². The van der Waals surface area contributed by atoms with Crippen LogP contribution in [0.1, 0.15) is 29.4 Å². The van der Waals surface area contributed by atoms with Crippen LogP contribution in [0.4, 0.5) is 32.2 Å². The Kier molecular flexibility index (Phi) is 4.77. The van der Waals surface area contributed by atoms with Crippen molar-refractivity contribution in [1.82, 2.24) is 24.5 Å². The van der Waals surface area contributed by atoms with Gasteiger partial charge in [-0.3, -0.25) is 4.68 Å². The number of halogens is 6. The fourth-order valence-corrected chi connectivity index (χ4v) is 5.51. The second kappa shape index (κ2) is 6.83. The van der Waals surface area contributed by atoms with Crippen LogP contribution in [-0.4, -0.2) is 45.7 Å². The lowest BCUT2D eigenvalue weighted by Crippen LogP contribution is -2.43. The highest BCUT2D eigenvalue weighted by molar-refractivity contribution is 7.92. The van der Waals surface area contributed by atoms with Gasteiger partial charge in [-0.05, 0) is 31.9 Å². The first-order chi connectivity index (χ1) is 14.6. The molecule has 0 spiro atoms. The van der Waals surface area contributed by atoms with E-state index in [2.05, 4.69) is 15.2 Å². The molecule has 0 saturated heterocycles. The Bertz CT molecular complexity index is 1320. The van der Waals surface area contributed by atoms with Crippen molar-refractivity contribution < 1.29 is 34.8 Å². The molecule has 32 heavy (non-hydrogen) atoms. The maximum absolute atomic E-state index is 13.7. The fourth-order valence-electron chi connectivity index (χ4n) is 3.82. The summed E-state index contributed by atoms with van der Waals surface area (Å²) in [5.74, 6) is -0.476. The first-order valence-corrected chi connectivity index (χ1v) is 10.6. The van der Waals surface area contributed by atoms with Gasteiger partial charge >= 0.3 is 12.4 Å². The summed E-state index contributed by atoms with van der Waals surface area (Å²) in [4.78, 5) is 3.14. The topological polar surface area (TPSA) is 85.9 Å². The summed E-state index contributed by atoms with van der Waals surface area (Å²) in [6.07, 6.45) is -9.13. The number of aryl methyl sites for hydroxylation is 3. The predicted molar refractivity (Wildman–Crippen MR) is 99.5 cm³/mol. The Balaban J connectivity index is 2.02. The number of alkyl halides is 6. The van der Waals surface area contributed by atoms with Crippen LogP contribution >= 0.6 is 0 Å². The standard InChI is InChI=1S/C17H16F6N6O2S/c1-8-6-11(16(18,19)20)24-14-13(8)15-28(5-4-12(17(21,22)23)29(15)26-14)32(30,31)10-7-27(3)25-9(10)2/h6-7,12H,4-5H2,1-3H3/t12-/m0/s1. The summed E-state index contributed by atoms with van der Waals surface area (Å²) in [6.45, 7) is 2.11. The Labute approximate surface area is 177 Å². The first-order valence-electron chi connectivity index (χ1n) is 9.19. The van der Waals surface area contributed by atoms with Crippen molar-refractivity contribution in [3.8, 4) is 0 Å². The third-order valence-corrected chi connectivity index (χ3v) is 7.07. The summed E-state index contributed by atoms with van der Waals surface area (Å²) in [7, 11) is -2.92. The molecule has 4 rings (SSSR count). The summed E-state index contributed by atoms with van der Waals surface area (Å²) in [5, 5.41) is 7.44. The average molecular weight is 482 g/mol. The van der Waals surface area contributed by atoms with E-state index in [4.69, 9.17) is 0 Å². The number of pyridine rings is 1. The normalized spacial score (nSPS) is 17.8. The van der Waals surface area contributed by atoms with Crippen LogP contribution in [0.5, 0.6) is 0 Å². The van der Waals surface area contributed by atoms with E-state index in [0.29, 0.717) is 10.7 Å². The highest BCUT2D eigenvalue weighted by atomic mass is 32.2. The monoisotopic (exact) mass is 482 g/mol. The minimum Gasteiger partial charge on any atom is -0.274 e. The number of anilines is 1. The number of sulfonamides is 1. The van der Waals surface area contributed by atoms with E-state index in [1.54, 1.807) is 0 Å².